The Morgan fingerprint density at radius 1 is 1.16 bits per heavy atom. The van der Waals surface area contributed by atoms with E-state index in [1.807, 2.05) is 54.3 Å². The SMILES string of the molecule is COc1ccc(Br)cc1CNC(=O)c1cc2n(n1)CCCN(Cc1ccc(C)cc1)C2=O. The van der Waals surface area contributed by atoms with Crippen molar-refractivity contribution in [3.05, 3.63) is 81.1 Å². The van der Waals surface area contributed by atoms with E-state index in [0.717, 1.165) is 22.0 Å². The minimum atomic E-state index is -0.328. The lowest BCUT2D eigenvalue weighted by atomic mass is 10.1. The molecule has 0 bridgehead atoms. The maximum absolute atomic E-state index is 13.2. The second-order valence-corrected chi connectivity index (χ2v) is 8.76. The third-order valence-corrected chi connectivity index (χ3v) is 5.99. The van der Waals surface area contributed by atoms with Gasteiger partial charge in [-0.05, 0) is 37.1 Å². The maximum atomic E-state index is 13.2. The second kappa shape index (κ2) is 9.56. The largest absolute Gasteiger partial charge is 0.496 e. The molecule has 1 aromatic heterocycles. The maximum Gasteiger partial charge on any atom is 0.272 e. The number of nitrogens with one attached hydrogen (secondary N) is 1. The van der Waals surface area contributed by atoms with Crippen molar-refractivity contribution in [2.75, 3.05) is 13.7 Å². The molecule has 7 nitrogen and oxygen atoms in total. The van der Waals surface area contributed by atoms with Gasteiger partial charge in [0.05, 0.1) is 7.11 Å². The first-order valence-corrected chi connectivity index (χ1v) is 11.3. The summed E-state index contributed by atoms with van der Waals surface area (Å²) >= 11 is 3.44. The minimum Gasteiger partial charge on any atom is -0.496 e. The molecule has 0 saturated carbocycles. The van der Waals surface area contributed by atoms with Crippen LogP contribution in [0.3, 0.4) is 0 Å². The first-order chi connectivity index (χ1) is 15.4. The lowest BCUT2D eigenvalue weighted by Crippen LogP contribution is -2.30. The highest BCUT2D eigenvalue weighted by Gasteiger charge is 2.26. The Labute approximate surface area is 195 Å². The monoisotopic (exact) mass is 496 g/mol. The molecule has 8 heteroatoms. The number of ether oxygens (including phenoxy) is 1. The minimum absolute atomic E-state index is 0.108. The van der Waals surface area contributed by atoms with Crippen LogP contribution in [-0.4, -0.2) is 40.1 Å². The Bertz CT molecular complexity index is 1140. The number of fused-ring (bicyclic) bond motifs is 1. The number of aromatic nitrogens is 2. The summed E-state index contributed by atoms with van der Waals surface area (Å²) in [4.78, 5) is 27.7. The molecule has 1 N–H and O–H groups in total. The third kappa shape index (κ3) is 4.85. The van der Waals surface area contributed by atoms with Gasteiger partial charge in [-0.2, -0.15) is 5.10 Å². The molecule has 0 fully saturated rings. The number of carbonyl (C=O) groups excluding carboxylic acids is 2. The number of hydrogen-bond donors (Lipinski definition) is 1. The van der Waals surface area contributed by atoms with Crippen molar-refractivity contribution in [2.24, 2.45) is 0 Å². The van der Waals surface area contributed by atoms with E-state index in [4.69, 9.17) is 4.74 Å². The summed E-state index contributed by atoms with van der Waals surface area (Å²) in [7, 11) is 1.59. The van der Waals surface area contributed by atoms with Crippen LogP contribution in [0.4, 0.5) is 0 Å². The molecule has 0 radical (unpaired) electrons. The molecule has 0 aliphatic carbocycles. The summed E-state index contributed by atoms with van der Waals surface area (Å²) < 4.78 is 7.90. The molecule has 2 aromatic carbocycles. The quantitative estimate of drug-likeness (QED) is 0.560. The zero-order valence-electron chi connectivity index (χ0n) is 18.1. The lowest BCUT2D eigenvalue weighted by molar-refractivity contribution is 0.0745. The Kier molecular flexibility index (Phi) is 6.60. The molecular weight excluding hydrogens is 472 g/mol. The van der Waals surface area contributed by atoms with E-state index in [2.05, 4.69) is 26.3 Å². The predicted molar refractivity (Wildman–Crippen MR) is 125 cm³/mol. The van der Waals surface area contributed by atoms with Crippen molar-refractivity contribution in [3.63, 3.8) is 0 Å². The first kappa shape index (κ1) is 22.1. The van der Waals surface area contributed by atoms with Crippen molar-refractivity contribution in [1.82, 2.24) is 20.0 Å². The van der Waals surface area contributed by atoms with Gasteiger partial charge >= 0.3 is 0 Å². The summed E-state index contributed by atoms with van der Waals surface area (Å²) in [5.41, 5.74) is 3.79. The fraction of sp³-hybridized carbons (Fsp3) is 0.292. The van der Waals surface area contributed by atoms with Crippen LogP contribution in [-0.2, 0) is 19.6 Å². The van der Waals surface area contributed by atoms with Crippen LogP contribution in [0, 0.1) is 6.92 Å². The van der Waals surface area contributed by atoms with Crippen molar-refractivity contribution in [1.29, 1.82) is 0 Å². The van der Waals surface area contributed by atoms with E-state index in [9.17, 15) is 9.59 Å². The van der Waals surface area contributed by atoms with Crippen LogP contribution >= 0.6 is 15.9 Å². The highest BCUT2D eigenvalue weighted by Crippen LogP contribution is 2.23. The number of rotatable bonds is 6. The van der Waals surface area contributed by atoms with Crippen molar-refractivity contribution < 1.29 is 14.3 Å². The Balaban J connectivity index is 1.47. The van der Waals surface area contributed by atoms with Gasteiger partial charge in [0.25, 0.3) is 11.8 Å². The summed E-state index contributed by atoms with van der Waals surface area (Å²) in [6, 6.07) is 15.4. The summed E-state index contributed by atoms with van der Waals surface area (Å²) in [5.74, 6) is 0.254. The highest BCUT2D eigenvalue weighted by atomic mass is 79.9. The molecule has 1 aliphatic rings. The number of amides is 2. The average molecular weight is 497 g/mol. The van der Waals surface area contributed by atoms with Gasteiger partial charge in [0.1, 0.15) is 11.4 Å². The lowest BCUT2D eigenvalue weighted by Gasteiger charge is -2.20. The zero-order valence-corrected chi connectivity index (χ0v) is 19.7. The van der Waals surface area contributed by atoms with Gasteiger partial charge in [0.15, 0.2) is 5.69 Å². The molecule has 0 saturated heterocycles. The molecule has 0 unspecified atom stereocenters. The number of hydrogen-bond acceptors (Lipinski definition) is 4. The van der Waals surface area contributed by atoms with E-state index in [1.165, 1.54) is 5.56 Å². The summed E-state index contributed by atoms with van der Waals surface area (Å²) in [6.07, 6.45) is 0.780. The third-order valence-electron chi connectivity index (χ3n) is 5.49. The molecule has 3 aromatic rings. The molecular formula is C24H25BrN4O3. The van der Waals surface area contributed by atoms with Crippen LogP contribution in [0.25, 0.3) is 0 Å². The van der Waals surface area contributed by atoms with Crippen LogP contribution < -0.4 is 10.1 Å². The Morgan fingerprint density at radius 3 is 2.69 bits per heavy atom. The van der Waals surface area contributed by atoms with Crippen LogP contribution in [0.2, 0.25) is 0 Å². The fourth-order valence-electron chi connectivity index (χ4n) is 3.76. The second-order valence-electron chi connectivity index (χ2n) is 7.84. The fourth-order valence-corrected chi connectivity index (χ4v) is 4.17. The standard InChI is InChI=1S/C24H25BrN4O3/c1-16-4-6-17(7-5-16)15-28-10-3-11-29-21(24(28)31)13-20(27-29)23(30)26-14-18-12-19(25)8-9-22(18)32-2/h4-9,12-13H,3,10-11,14-15H2,1-2H3,(H,26,30). The van der Waals surface area contributed by atoms with Crippen LogP contribution in [0.15, 0.2) is 53.0 Å². The summed E-state index contributed by atoms with van der Waals surface area (Å²) in [5, 5.41) is 7.28. The number of aryl methyl sites for hydroxylation is 2. The van der Waals surface area contributed by atoms with Gasteiger partial charge in [-0.25, -0.2) is 0 Å². The van der Waals surface area contributed by atoms with E-state index in [-0.39, 0.29) is 24.1 Å². The Morgan fingerprint density at radius 2 is 1.94 bits per heavy atom. The molecule has 4 rings (SSSR count). The van der Waals surface area contributed by atoms with Crippen molar-refractivity contribution in [2.45, 2.75) is 33.0 Å². The average Bonchev–Trinajstić information content (AvgIpc) is 3.16. The smallest absolute Gasteiger partial charge is 0.272 e. The predicted octanol–water partition coefficient (Wildman–Crippen LogP) is 3.94. The molecule has 2 amide bonds. The van der Waals surface area contributed by atoms with E-state index >= 15 is 0 Å². The summed E-state index contributed by atoms with van der Waals surface area (Å²) in [6.45, 7) is 4.11. The van der Waals surface area contributed by atoms with Gasteiger partial charge in [0, 0.05) is 42.3 Å². The van der Waals surface area contributed by atoms with Crippen LogP contribution in [0.1, 0.15) is 44.1 Å². The number of carbonyl (C=O) groups is 2. The van der Waals surface area contributed by atoms with E-state index in [0.29, 0.717) is 31.1 Å². The molecule has 0 atom stereocenters. The van der Waals surface area contributed by atoms with Gasteiger partial charge in [-0.1, -0.05) is 45.8 Å². The van der Waals surface area contributed by atoms with Crippen LogP contribution in [0.5, 0.6) is 5.75 Å². The van der Waals surface area contributed by atoms with Gasteiger partial charge in [-0.3, -0.25) is 14.3 Å². The first-order valence-electron chi connectivity index (χ1n) is 10.5. The van der Waals surface area contributed by atoms with Crippen molar-refractivity contribution >= 4 is 27.7 Å². The van der Waals surface area contributed by atoms with Gasteiger partial charge in [0.2, 0.25) is 0 Å². The van der Waals surface area contributed by atoms with Crippen molar-refractivity contribution in [3.8, 4) is 5.75 Å². The van der Waals surface area contributed by atoms with Gasteiger partial charge in [-0.15, -0.1) is 0 Å². The highest BCUT2D eigenvalue weighted by molar-refractivity contribution is 9.10. The molecule has 1 aliphatic heterocycles. The normalized spacial score (nSPS) is 13.5. The zero-order chi connectivity index (χ0) is 22.7. The number of methoxy groups -OCH3 is 1. The van der Waals surface area contributed by atoms with Gasteiger partial charge < -0.3 is 15.0 Å². The van der Waals surface area contributed by atoms with E-state index < -0.39 is 0 Å². The number of nitrogens with zero attached hydrogens (tertiary/aromatic N) is 3. The molecule has 166 valence electrons. The molecule has 32 heavy (non-hydrogen) atoms. The molecule has 2 heterocycles. The number of halogens is 1. The molecule has 0 spiro atoms. The Hall–Kier alpha value is -3.13. The number of benzene rings is 2. The topological polar surface area (TPSA) is 76.5 Å². The van der Waals surface area contributed by atoms with E-state index in [1.54, 1.807) is 17.9 Å².